The first-order valence-corrected chi connectivity index (χ1v) is 7.77. The van der Waals surface area contributed by atoms with Gasteiger partial charge < -0.3 is 4.74 Å². The van der Waals surface area contributed by atoms with E-state index in [1.165, 1.54) is 11.8 Å². The van der Waals surface area contributed by atoms with Crippen molar-refractivity contribution in [1.82, 2.24) is 0 Å². The van der Waals surface area contributed by atoms with E-state index in [-0.39, 0.29) is 22.8 Å². The highest BCUT2D eigenvalue weighted by molar-refractivity contribution is 5.93. The maximum absolute atomic E-state index is 12.0. The van der Waals surface area contributed by atoms with Crippen LogP contribution >= 0.6 is 0 Å². The molecule has 1 amide bonds. The highest BCUT2D eigenvalue weighted by atomic mass is 16.5. The van der Waals surface area contributed by atoms with Gasteiger partial charge in [-0.3, -0.25) is 9.69 Å². The smallest absolute Gasteiger partial charge is 0.227 e. The lowest BCUT2D eigenvalue weighted by Gasteiger charge is -2.22. The molecule has 0 aromatic heterocycles. The Morgan fingerprint density at radius 1 is 1.15 bits per heavy atom. The van der Waals surface area contributed by atoms with E-state index in [0.717, 1.165) is 0 Å². The third-order valence-electron chi connectivity index (χ3n) is 3.83. The molecule has 0 atom stereocenters. The van der Waals surface area contributed by atoms with Crippen LogP contribution in [0.4, 0.5) is 5.69 Å². The Bertz CT molecular complexity index is 932. The fourth-order valence-corrected chi connectivity index (χ4v) is 2.59. The summed E-state index contributed by atoms with van der Waals surface area (Å²) in [7, 11) is 0. The number of benzene rings is 1. The molecule has 0 bridgehead atoms. The Balaban J connectivity index is 2.56. The van der Waals surface area contributed by atoms with E-state index in [9.17, 15) is 10.1 Å². The quantitative estimate of drug-likeness (QED) is 0.781. The zero-order valence-electron chi connectivity index (χ0n) is 14.6. The van der Waals surface area contributed by atoms with Crippen molar-refractivity contribution in [2.75, 3.05) is 4.90 Å². The SMILES string of the molecule is CC(=O)N(/C=C/C1=C(C#N)C(=C(C#N)C#N)OC1(C)C)c1ccccc1. The molecule has 0 saturated heterocycles. The molecule has 1 aromatic rings. The predicted octanol–water partition coefficient (Wildman–Crippen LogP) is 3.48. The number of allylic oxidation sites excluding steroid dienone is 2. The fourth-order valence-electron chi connectivity index (χ4n) is 2.59. The molecule has 6 nitrogen and oxygen atoms in total. The molecular weight excluding hydrogens is 328 g/mol. The average Bonchev–Trinajstić information content (AvgIpc) is 2.87. The van der Waals surface area contributed by atoms with Gasteiger partial charge in [0.25, 0.3) is 0 Å². The molecule has 1 aromatic carbocycles. The molecule has 6 heteroatoms. The lowest BCUT2D eigenvalue weighted by molar-refractivity contribution is -0.116. The number of nitriles is 3. The van der Waals surface area contributed by atoms with Crippen molar-refractivity contribution in [3.05, 3.63) is 65.1 Å². The number of carbonyl (C=O) groups is 1. The molecule has 1 aliphatic rings. The number of anilines is 1. The highest BCUT2D eigenvalue weighted by Gasteiger charge is 2.38. The molecule has 0 fully saturated rings. The van der Waals surface area contributed by atoms with Crippen LogP contribution in [0, 0.1) is 34.0 Å². The molecule has 2 rings (SSSR count). The largest absolute Gasteiger partial charge is 0.480 e. The minimum Gasteiger partial charge on any atom is -0.480 e. The number of hydrogen-bond donors (Lipinski definition) is 0. The standard InChI is InChI=1S/C20H16N4O2/c1-14(25)24(16-7-5-4-6-8-16)10-9-18-17(13-23)19(15(11-21)12-22)26-20(18,2)3/h4-10H,1-3H3/b10-9+. The summed E-state index contributed by atoms with van der Waals surface area (Å²) in [4.78, 5) is 13.4. The molecule has 1 aliphatic heterocycles. The third kappa shape index (κ3) is 3.48. The number of para-hydroxylation sites is 1. The van der Waals surface area contributed by atoms with Crippen LogP contribution in [0.15, 0.2) is 65.1 Å². The van der Waals surface area contributed by atoms with E-state index in [4.69, 9.17) is 15.3 Å². The minimum atomic E-state index is -0.922. The van der Waals surface area contributed by atoms with Crippen LogP contribution in [-0.4, -0.2) is 11.5 Å². The van der Waals surface area contributed by atoms with Crippen molar-refractivity contribution in [3.8, 4) is 18.2 Å². The van der Waals surface area contributed by atoms with Crippen LogP contribution in [-0.2, 0) is 9.53 Å². The maximum Gasteiger partial charge on any atom is 0.227 e. The predicted molar refractivity (Wildman–Crippen MR) is 94.8 cm³/mol. The summed E-state index contributed by atoms with van der Waals surface area (Å²) < 4.78 is 5.69. The van der Waals surface area contributed by atoms with Crippen LogP contribution in [0.1, 0.15) is 20.8 Å². The summed E-state index contributed by atoms with van der Waals surface area (Å²) >= 11 is 0. The second-order valence-corrected chi connectivity index (χ2v) is 5.98. The van der Waals surface area contributed by atoms with E-state index in [1.54, 1.807) is 50.4 Å². The van der Waals surface area contributed by atoms with Gasteiger partial charge in [0, 0.05) is 24.4 Å². The molecule has 0 unspecified atom stereocenters. The summed E-state index contributed by atoms with van der Waals surface area (Å²) in [6.45, 7) is 4.88. The zero-order valence-corrected chi connectivity index (χ0v) is 14.6. The summed E-state index contributed by atoms with van der Waals surface area (Å²) in [6, 6.07) is 14.5. The second kappa shape index (κ2) is 7.38. The molecule has 26 heavy (non-hydrogen) atoms. The Morgan fingerprint density at radius 3 is 2.27 bits per heavy atom. The normalized spacial score (nSPS) is 15.0. The van der Waals surface area contributed by atoms with Gasteiger partial charge in [0.1, 0.15) is 29.4 Å². The molecule has 0 radical (unpaired) electrons. The number of carbonyl (C=O) groups excluding carboxylic acids is 1. The van der Waals surface area contributed by atoms with Crippen LogP contribution in [0.2, 0.25) is 0 Å². The molecule has 1 heterocycles. The number of rotatable bonds is 3. The third-order valence-corrected chi connectivity index (χ3v) is 3.83. The van der Waals surface area contributed by atoms with Crippen molar-refractivity contribution >= 4 is 11.6 Å². The second-order valence-electron chi connectivity index (χ2n) is 5.98. The minimum absolute atomic E-state index is 0.0313. The van der Waals surface area contributed by atoms with E-state index in [1.807, 2.05) is 24.3 Å². The lowest BCUT2D eigenvalue weighted by atomic mass is 9.95. The average molecular weight is 344 g/mol. The van der Waals surface area contributed by atoms with Gasteiger partial charge in [-0.2, -0.15) is 15.8 Å². The highest BCUT2D eigenvalue weighted by Crippen LogP contribution is 2.40. The molecule has 0 aliphatic carbocycles. The summed E-state index contributed by atoms with van der Waals surface area (Å²) in [5.41, 5.74) is 0.0952. The summed E-state index contributed by atoms with van der Waals surface area (Å²) in [5, 5.41) is 27.7. The van der Waals surface area contributed by atoms with Crippen LogP contribution < -0.4 is 4.90 Å². The van der Waals surface area contributed by atoms with Crippen LogP contribution in [0.25, 0.3) is 0 Å². The first-order valence-electron chi connectivity index (χ1n) is 7.77. The van der Waals surface area contributed by atoms with Crippen LogP contribution in [0.3, 0.4) is 0 Å². The maximum atomic E-state index is 12.0. The Kier molecular flexibility index (Phi) is 5.26. The monoisotopic (exact) mass is 344 g/mol. The van der Waals surface area contributed by atoms with Gasteiger partial charge >= 0.3 is 0 Å². The van der Waals surface area contributed by atoms with Gasteiger partial charge in [0.15, 0.2) is 11.3 Å². The zero-order chi connectivity index (χ0) is 19.3. The van der Waals surface area contributed by atoms with E-state index in [0.29, 0.717) is 11.3 Å². The van der Waals surface area contributed by atoms with Gasteiger partial charge in [-0.1, -0.05) is 18.2 Å². The van der Waals surface area contributed by atoms with Gasteiger partial charge in [-0.05, 0) is 32.1 Å². The van der Waals surface area contributed by atoms with E-state index in [2.05, 4.69) is 0 Å². The molecular formula is C20H16N4O2. The molecule has 0 N–H and O–H groups in total. The van der Waals surface area contributed by atoms with Crippen molar-refractivity contribution < 1.29 is 9.53 Å². The first kappa shape index (κ1) is 18.5. The van der Waals surface area contributed by atoms with Crippen molar-refractivity contribution in [1.29, 1.82) is 15.8 Å². The molecule has 0 saturated carbocycles. The van der Waals surface area contributed by atoms with Crippen molar-refractivity contribution in [2.45, 2.75) is 26.4 Å². The Morgan fingerprint density at radius 2 is 1.77 bits per heavy atom. The number of ether oxygens (including phenoxy) is 1. The number of amides is 1. The Labute approximate surface area is 152 Å². The number of nitrogens with zero attached hydrogens (tertiary/aromatic N) is 4. The van der Waals surface area contributed by atoms with Crippen LogP contribution in [0.5, 0.6) is 0 Å². The summed E-state index contributed by atoms with van der Waals surface area (Å²) in [5.74, 6) is -0.231. The topological polar surface area (TPSA) is 101 Å². The van der Waals surface area contributed by atoms with E-state index < -0.39 is 5.60 Å². The van der Waals surface area contributed by atoms with Gasteiger partial charge in [0.2, 0.25) is 5.91 Å². The van der Waals surface area contributed by atoms with Crippen molar-refractivity contribution in [2.24, 2.45) is 0 Å². The van der Waals surface area contributed by atoms with Crippen molar-refractivity contribution in [3.63, 3.8) is 0 Å². The first-order chi connectivity index (χ1) is 12.4. The number of hydrogen-bond acceptors (Lipinski definition) is 5. The van der Waals surface area contributed by atoms with Gasteiger partial charge in [-0.15, -0.1) is 0 Å². The molecule has 0 spiro atoms. The Hall–Kier alpha value is -3.82. The summed E-state index contributed by atoms with van der Waals surface area (Å²) in [6.07, 6.45) is 3.16. The lowest BCUT2D eigenvalue weighted by Crippen LogP contribution is -2.24. The van der Waals surface area contributed by atoms with Gasteiger partial charge in [-0.25, -0.2) is 0 Å². The van der Waals surface area contributed by atoms with Gasteiger partial charge in [0.05, 0.1) is 0 Å². The van der Waals surface area contributed by atoms with E-state index >= 15 is 0 Å². The molecule has 128 valence electrons. The fraction of sp³-hybridized carbons (Fsp3) is 0.200.